The first-order valence-electron chi connectivity index (χ1n) is 13.4. The molecule has 0 radical (unpaired) electrons. The fraction of sp³-hybridized carbons (Fsp3) is 0.464. The van der Waals surface area contributed by atoms with Gasteiger partial charge in [0.2, 0.25) is 17.5 Å². The monoisotopic (exact) mass is 624 g/mol. The van der Waals surface area contributed by atoms with Gasteiger partial charge in [0.15, 0.2) is 23.5 Å². The summed E-state index contributed by atoms with van der Waals surface area (Å²) in [4.78, 5) is 13.7. The number of phenolic OH excluding ortho intramolecular Hbond substituents is 3. The standard InChI is InChI=1S/C28H32O16/c1-39-15-4-10(2-3-12(15)31)26-27(23(36)20-13(32)5-11(30)6-16(20)42-26)44-19-7-14(33)21(34)18(41-19)9-40-28-25(38)24(37)22(35)17(8-29)43-28/h2-6,14,17-19,21-22,24-25,28-35,37-38H,7-9H2,1H3. The molecule has 0 saturated carbocycles. The number of aliphatic hydroxyl groups is 6. The second kappa shape index (κ2) is 12.7. The molecule has 2 aliphatic heterocycles. The molecule has 0 bridgehead atoms. The average molecular weight is 625 g/mol. The van der Waals surface area contributed by atoms with Gasteiger partial charge in [-0.2, -0.15) is 0 Å². The Morgan fingerprint density at radius 2 is 1.64 bits per heavy atom. The molecule has 0 amide bonds. The smallest absolute Gasteiger partial charge is 0.239 e. The van der Waals surface area contributed by atoms with E-state index in [4.69, 9.17) is 28.1 Å². The molecule has 44 heavy (non-hydrogen) atoms. The van der Waals surface area contributed by atoms with Crippen LogP contribution in [0.4, 0.5) is 0 Å². The van der Waals surface area contributed by atoms with Gasteiger partial charge in [-0.05, 0) is 18.2 Å². The molecule has 9 atom stereocenters. The summed E-state index contributed by atoms with van der Waals surface area (Å²) in [5, 5.41) is 90.8. The summed E-state index contributed by atoms with van der Waals surface area (Å²) >= 11 is 0. The number of phenols is 3. The van der Waals surface area contributed by atoms with Gasteiger partial charge < -0.3 is 74.1 Å². The van der Waals surface area contributed by atoms with Gasteiger partial charge in [-0.3, -0.25) is 4.79 Å². The minimum absolute atomic E-state index is 0.0211. The van der Waals surface area contributed by atoms with E-state index in [9.17, 15) is 50.8 Å². The highest BCUT2D eigenvalue weighted by Gasteiger charge is 2.45. The lowest BCUT2D eigenvalue weighted by Crippen LogP contribution is -2.60. The summed E-state index contributed by atoms with van der Waals surface area (Å²) in [5.74, 6) is -1.91. The summed E-state index contributed by atoms with van der Waals surface area (Å²) in [6.07, 6.45) is -14.0. The van der Waals surface area contributed by atoms with E-state index in [2.05, 4.69) is 0 Å². The third-order valence-electron chi connectivity index (χ3n) is 7.42. The lowest BCUT2D eigenvalue weighted by Gasteiger charge is -2.41. The number of fused-ring (bicyclic) bond motifs is 1. The number of ether oxygens (including phenoxy) is 5. The minimum atomic E-state index is -1.73. The molecular formula is C28H32O16. The fourth-order valence-corrected chi connectivity index (χ4v) is 5.04. The van der Waals surface area contributed by atoms with Crippen molar-refractivity contribution in [3.8, 4) is 40.1 Å². The Labute approximate surface area is 248 Å². The Kier molecular flexibility index (Phi) is 9.17. The summed E-state index contributed by atoms with van der Waals surface area (Å²) < 4.78 is 33.4. The van der Waals surface area contributed by atoms with Crippen molar-refractivity contribution in [2.45, 2.75) is 61.7 Å². The van der Waals surface area contributed by atoms with Crippen LogP contribution in [0.1, 0.15) is 6.42 Å². The maximum absolute atomic E-state index is 13.7. The lowest BCUT2D eigenvalue weighted by molar-refractivity contribution is -0.315. The maximum Gasteiger partial charge on any atom is 0.239 e. The van der Waals surface area contributed by atoms with Gasteiger partial charge >= 0.3 is 0 Å². The summed E-state index contributed by atoms with van der Waals surface area (Å²) in [5.41, 5.74) is -0.910. The van der Waals surface area contributed by atoms with Crippen LogP contribution in [0, 0.1) is 0 Å². The van der Waals surface area contributed by atoms with E-state index >= 15 is 0 Å². The van der Waals surface area contributed by atoms with Crippen molar-refractivity contribution in [2.24, 2.45) is 0 Å². The molecule has 2 aromatic carbocycles. The molecule has 16 heteroatoms. The van der Waals surface area contributed by atoms with E-state index in [1.165, 1.54) is 25.3 Å². The van der Waals surface area contributed by atoms with Crippen molar-refractivity contribution in [1.29, 1.82) is 0 Å². The van der Waals surface area contributed by atoms with Crippen molar-refractivity contribution in [3.63, 3.8) is 0 Å². The van der Waals surface area contributed by atoms with Crippen LogP contribution in [0.5, 0.6) is 28.7 Å². The van der Waals surface area contributed by atoms with Gasteiger partial charge in [-0.1, -0.05) is 0 Å². The molecule has 240 valence electrons. The Bertz CT molecular complexity index is 1540. The zero-order valence-corrected chi connectivity index (χ0v) is 23.1. The van der Waals surface area contributed by atoms with Gasteiger partial charge in [0, 0.05) is 24.1 Å². The molecular weight excluding hydrogens is 592 g/mol. The molecule has 0 spiro atoms. The molecule has 5 rings (SSSR count). The molecule has 0 aliphatic carbocycles. The van der Waals surface area contributed by atoms with Crippen LogP contribution in [0.3, 0.4) is 0 Å². The van der Waals surface area contributed by atoms with Crippen LogP contribution in [0.25, 0.3) is 22.3 Å². The number of aliphatic hydroxyl groups excluding tert-OH is 6. The van der Waals surface area contributed by atoms with E-state index in [1.54, 1.807) is 0 Å². The molecule has 3 heterocycles. The zero-order chi connectivity index (χ0) is 31.9. The number of rotatable bonds is 8. The first-order valence-corrected chi connectivity index (χ1v) is 13.4. The average Bonchev–Trinajstić information content (AvgIpc) is 2.99. The van der Waals surface area contributed by atoms with Gasteiger partial charge in [0.05, 0.1) is 26.4 Å². The Balaban J connectivity index is 1.45. The predicted octanol–water partition coefficient (Wildman–Crippen LogP) is -1.38. The van der Waals surface area contributed by atoms with E-state index in [-0.39, 0.29) is 40.2 Å². The van der Waals surface area contributed by atoms with Crippen LogP contribution in [-0.2, 0) is 14.2 Å². The third kappa shape index (κ3) is 5.99. The fourth-order valence-electron chi connectivity index (χ4n) is 5.04. The highest BCUT2D eigenvalue weighted by atomic mass is 16.7. The lowest BCUT2D eigenvalue weighted by atomic mass is 9.99. The van der Waals surface area contributed by atoms with E-state index in [0.29, 0.717) is 0 Å². The Morgan fingerprint density at radius 1 is 0.886 bits per heavy atom. The van der Waals surface area contributed by atoms with Gasteiger partial charge in [-0.25, -0.2) is 0 Å². The Morgan fingerprint density at radius 3 is 2.34 bits per heavy atom. The second-order valence-electron chi connectivity index (χ2n) is 10.4. The second-order valence-corrected chi connectivity index (χ2v) is 10.4. The maximum atomic E-state index is 13.7. The van der Waals surface area contributed by atoms with E-state index in [0.717, 1.165) is 12.1 Å². The predicted molar refractivity (Wildman–Crippen MR) is 145 cm³/mol. The quantitative estimate of drug-likeness (QED) is 0.140. The topological polar surface area (TPSA) is 258 Å². The van der Waals surface area contributed by atoms with Crippen molar-refractivity contribution < 1.29 is 74.1 Å². The van der Waals surface area contributed by atoms with Crippen molar-refractivity contribution in [1.82, 2.24) is 0 Å². The van der Waals surface area contributed by atoms with Gasteiger partial charge in [0.1, 0.15) is 59.1 Å². The number of hydrogen-bond donors (Lipinski definition) is 9. The first kappa shape index (κ1) is 31.7. The largest absolute Gasteiger partial charge is 0.508 e. The highest BCUT2D eigenvalue weighted by Crippen LogP contribution is 2.39. The molecule has 2 saturated heterocycles. The van der Waals surface area contributed by atoms with Gasteiger partial charge in [-0.15, -0.1) is 0 Å². The number of methoxy groups -OCH3 is 1. The molecule has 9 N–H and O–H groups in total. The summed E-state index contributed by atoms with van der Waals surface area (Å²) in [6.45, 7) is -1.24. The molecule has 16 nitrogen and oxygen atoms in total. The van der Waals surface area contributed by atoms with E-state index < -0.39 is 91.2 Å². The van der Waals surface area contributed by atoms with Crippen LogP contribution in [0.2, 0.25) is 0 Å². The number of hydrogen-bond acceptors (Lipinski definition) is 16. The van der Waals surface area contributed by atoms with Crippen molar-refractivity contribution in [3.05, 3.63) is 40.6 Å². The van der Waals surface area contributed by atoms with Gasteiger partial charge in [0.25, 0.3) is 0 Å². The van der Waals surface area contributed by atoms with Crippen molar-refractivity contribution >= 4 is 11.0 Å². The van der Waals surface area contributed by atoms with E-state index in [1.807, 2.05) is 0 Å². The molecule has 2 aliphatic rings. The number of benzene rings is 2. The highest BCUT2D eigenvalue weighted by molar-refractivity contribution is 5.88. The number of aromatic hydroxyl groups is 3. The SMILES string of the molecule is COc1cc(-c2oc3cc(O)cc(O)c3c(=O)c2OC2CC(O)C(O)C(COC3OC(CO)C(O)C(O)C3O)O2)ccc1O. The molecule has 9 unspecified atom stereocenters. The molecule has 2 fully saturated rings. The minimum Gasteiger partial charge on any atom is -0.508 e. The third-order valence-corrected chi connectivity index (χ3v) is 7.42. The van der Waals surface area contributed by atoms with Crippen LogP contribution in [-0.4, -0.2) is 122 Å². The van der Waals surface area contributed by atoms with Crippen LogP contribution >= 0.6 is 0 Å². The normalized spacial score (nSPS) is 30.8. The van der Waals surface area contributed by atoms with Crippen molar-refractivity contribution in [2.75, 3.05) is 20.3 Å². The summed E-state index contributed by atoms with van der Waals surface area (Å²) in [6, 6.07) is 6.02. The van der Waals surface area contributed by atoms with Crippen LogP contribution in [0.15, 0.2) is 39.5 Å². The molecule has 1 aromatic heterocycles. The zero-order valence-electron chi connectivity index (χ0n) is 23.1. The Hall–Kier alpha value is -3.71. The molecule has 3 aromatic rings. The summed E-state index contributed by atoms with van der Waals surface area (Å²) in [7, 11) is 1.30. The first-order chi connectivity index (χ1) is 20.9. The van der Waals surface area contributed by atoms with Crippen LogP contribution < -0.4 is 14.9 Å².